The number of nitrogens with one attached hydrogen (secondary N) is 1. The summed E-state index contributed by atoms with van der Waals surface area (Å²) in [4.78, 5) is 12.8. The van der Waals surface area contributed by atoms with Crippen LogP contribution in [-0.4, -0.2) is 36.3 Å². The maximum Gasteiger partial charge on any atom is 0.245 e. The predicted octanol–water partition coefficient (Wildman–Crippen LogP) is 1.48. The number of halogens is 1. The molecule has 1 amide bonds. The third kappa shape index (κ3) is 3.99. The van der Waals surface area contributed by atoms with Gasteiger partial charge in [-0.1, -0.05) is 12.1 Å². The number of amides is 1. The van der Waals surface area contributed by atoms with Crippen LogP contribution in [0.25, 0.3) is 0 Å². The number of hydrogen-bond donors (Lipinski definition) is 1. The van der Waals surface area contributed by atoms with Crippen LogP contribution < -0.4 is 5.32 Å². The Kier molecular flexibility index (Phi) is 4.61. The maximum absolute atomic E-state index is 13.5. The Labute approximate surface area is 154 Å². The molecule has 27 heavy (non-hydrogen) atoms. The Bertz CT molecular complexity index is 950. The van der Waals surface area contributed by atoms with E-state index >= 15 is 0 Å². The Morgan fingerprint density at radius 2 is 2.22 bits per heavy atom. The van der Waals surface area contributed by atoms with Gasteiger partial charge in [-0.2, -0.15) is 0 Å². The smallest absolute Gasteiger partial charge is 0.245 e. The average Bonchev–Trinajstić information content (AvgIpc) is 3.25. The van der Waals surface area contributed by atoms with Crippen molar-refractivity contribution in [1.29, 1.82) is 0 Å². The standard InChI is InChI=1S/C17H18FN7O2/c1-10-20-23-24-25(10)14(8-11-3-2-4-13(18)7-11)16(26)19-9-15-21-22-17(27-15)12-5-6-12/h2-4,7,12,14H,5-6,8-9H2,1H3,(H,19,26). The van der Waals surface area contributed by atoms with E-state index in [1.54, 1.807) is 19.1 Å². The van der Waals surface area contributed by atoms with Crippen molar-refractivity contribution >= 4 is 5.91 Å². The first-order valence-corrected chi connectivity index (χ1v) is 8.69. The highest BCUT2D eigenvalue weighted by Crippen LogP contribution is 2.38. The van der Waals surface area contributed by atoms with Gasteiger partial charge in [0.2, 0.25) is 17.7 Å². The molecule has 10 heteroatoms. The van der Waals surface area contributed by atoms with Gasteiger partial charge in [-0.15, -0.1) is 15.3 Å². The molecule has 1 aromatic carbocycles. The molecule has 0 saturated heterocycles. The number of carbonyl (C=O) groups excluding carboxylic acids is 1. The summed E-state index contributed by atoms with van der Waals surface area (Å²) in [6.07, 6.45) is 2.36. The molecular weight excluding hydrogens is 353 g/mol. The summed E-state index contributed by atoms with van der Waals surface area (Å²) in [5, 5.41) is 22.1. The van der Waals surface area contributed by atoms with Crippen LogP contribution in [0, 0.1) is 12.7 Å². The fourth-order valence-corrected chi connectivity index (χ4v) is 2.82. The van der Waals surface area contributed by atoms with Crippen molar-refractivity contribution in [3.05, 3.63) is 53.3 Å². The summed E-state index contributed by atoms with van der Waals surface area (Å²) in [6.45, 7) is 1.81. The third-order valence-corrected chi connectivity index (χ3v) is 4.40. The van der Waals surface area contributed by atoms with E-state index < -0.39 is 6.04 Å². The van der Waals surface area contributed by atoms with Crippen LogP contribution >= 0.6 is 0 Å². The summed E-state index contributed by atoms with van der Waals surface area (Å²) >= 11 is 0. The van der Waals surface area contributed by atoms with Gasteiger partial charge in [0.05, 0.1) is 6.54 Å². The van der Waals surface area contributed by atoms with Gasteiger partial charge in [0.1, 0.15) is 17.7 Å². The highest BCUT2D eigenvalue weighted by Gasteiger charge is 2.30. The summed E-state index contributed by atoms with van der Waals surface area (Å²) in [5.41, 5.74) is 0.666. The average molecular weight is 371 g/mol. The minimum atomic E-state index is -0.729. The zero-order chi connectivity index (χ0) is 18.8. The number of rotatable bonds is 7. The van der Waals surface area contributed by atoms with Crippen LogP contribution in [0.3, 0.4) is 0 Å². The molecule has 1 fully saturated rings. The summed E-state index contributed by atoms with van der Waals surface area (Å²) < 4.78 is 20.5. The van der Waals surface area contributed by atoms with Gasteiger partial charge < -0.3 is 9.73 Å². The number of carbonyl (C=O) groups is 1. The van der Waals surface area contributed by atoms with Crippen LogP contribution in [0.1, 0.15) is 48.0 Å². The predicted molar refractivity (Wildman–Crippen MR) is 89.8 cm³/mol. The number of nitrogens with zero attached hydrogens (tertiary/aromatic N) is 6. The van der Waals surface area contributed by atoms with Crippen molar-refractivity contribution in [3.8, 4) is 0 Å². The molecule has 1 atom stereocenters. The van der Waals surface area contributed by atoms with Gasteiger partial charge in [-0.25, -0.2) is 9.07 Å². The van der Waals surface area contributed by atoms with Crippen LogP contribution in [0.2, 0.25) is 0 Å². The van der Waals surface area contributed by atoms with E-state index in [2.05, 4.69) is 31.0 Å². The Balaban J connectivity index is 1.48. The first-order chi connectivity index (χ1) is 13.1. The third-order valence-electron chi connectivity index (χ3n) is 4.40. The number of tetrazole rings is 1. The molecule has 0 spiro atoms. The van der Waals surface area contributed by atoms with E-state index in [1.807, 2.05) is 0 Å². The van der Waals surface area contributed by atoms with Crippen LogP contribution in [-0.2, 0) is 17.8 Å². The highest BCUT2D eigenvalue weighted by molar-refractivity contribution is 5.80. The van der Waals surface area contributed by atoms with E-state index in [4.69, 9.17) is 4.42 Å². The van der Waals surface area contributed by atoms with E-state index in [9.17, 15) is 9.18 Å². The van der Waals surface area contributed by atoms with Crippen molar-refractivity contribution in [3.63, 3.8) is 0 Å². The van der Waals surface area contributed by atoms with Crippen molar-refractivity contribution in [2.45, 2.75) is 44.7 Å². The van der Waals surface area contributed by atoms with Crippen LogP contribution in [0.4, 0.5) is 4.39 Å². The van der Waals surface area contributed by atoms with E-state index in [0.717, 1.165) is 12.8 Å². The molecule has 140 valence electrons. The van der Waals surface area contributed by atoms with Crippen LogP contribution in [0.15, 0.2) is 28.7 Å². The molecule has 9 nitrogen and oxygen atoms in total. The van der Waals surface area contributed by atoms with Crippen LogP contribution in [0.5, 0.6) is 0 Å². The van der Waals surface area contributed by atoms with Crippen molar-refractivity contribution in [2.24, 2.45) is 0 Å². The molecule has 1 unspecified atom stereocenters. The molecule has 4 rings (SSSR count). The zero-order valence-corrected chi connectivity index (χ0v) is 14.7. The SMILES string of the molecule is Cc1nnnn1C(Cc1cccc(F)c1)C(=O)NCc1nnc(C2CC2)o1. The second kappa shape index (κ2) is 7.22. The maximum atomic E-state index is 13.5. The minimum Gasteiger partial charge on any atom is -0.423 e. The number of hydrogen-bond acceptors (Lipinski definition) is 7. The lowest BCUT2D eigenvalue weighted by Crippen LogP contribution is -2.34. The molecule has 2 heterocycles. The van der Waals surface area contributed by atoms with Crippen molar-refractivity contribution < 1.29 is 13.6 Å². The van der Waals surface area contributed by atoms with E-state index in [0.29, 0.717) is 29.1 Å². The molecule has 0 aliphatic heterocycles. The Hall–Kier alpha value is -3.17. The Morgan fingerprint density at radius 1 is 1.37 bits per heavy atom. The second-order valence-electron chi connectivity index (χ2n) is 6.55. The number of benzene rings is 1. The molecule has 0 bridgehead atoms. The topological polar surface area (TPSA) is 112 Å². The van der Waals surface area contributed by atoms with Gasteiger partial charge in [-0.3, -0.25) is 4.79 Å². The molecule has 1 saturated carbocycles. The molecule has 0 radical (unpaired) electrons. The van der Waals surface area contributed by atoms with E-state index in [-0.39, 0.29) is 24.7 Å². The van der Waals surface area contributed by atoms with Crippen molar-refractivity contribution in [2.75, 3.05) is 0 Å². The highest BCUT2D eigenvalue weighted by atomic mass is 19.1. The number of aromatic nitrogens is 6. The first kappa shape index (κ1) is 17.3. The molecule has 1 aliphatic carbocycles. The number of aryl methyl sites for hydroxylation is 1. The zero-order valence-electron chi connectivity index (χ0n) is 14.7. The lowest BCUT2D eigenvalue weighted by molar-refractivity contribution is -0.125. The lowest BCUT2D eigenvalue weighted by Gasteiger charge is -2.17. The molecule has 2 aromatic heterocycles. The van der Waals surface area contributed by atoms with Gasteiger partial charge in [0.15, 0.2) is 0 Å². The lowest BCUT2D eigenvalue weighted by atomic mass is 10.1. The summed E-state index contributed by atoms with van der Waals surface area (Å²) in [6, 6.07) is 5.37. The second-order valence-corrected chi connectivity index (χ2v) is 6.55. The summed E-state index contributed by atoms with van der Waals surface area (Å²) in [7, 11) is 0. The fourth-order valence-electron chi connectivity index (χ4n) is 2.82. The molecule has 1 N–H and O–H groups in total. The summed E-state index contributed by atoms with van der Waals surface area (Å²) in [5.74, 6) is 1.13. The van der Waals surface area contributed by atoms with Gasteiger partial charge >= 0.3 is 0 Å². The molecular formula is C17H18FN7O2. The van der Waals surface area contributed by atoms with Crippen molar-refractivity contribution in [1.82, 2.24) is 35.7 Å². The molecule has 3 aromatic rings. The van der Waals surface area contributed by atoms with E-state index in [1.165, 1.54) is 16.8 Å². The largest absolute Gasteiger partial charge is 0.423 e. The first-order valence-electron chi connectivity index (χ1n) is 8.69. The Morgan fingerprint density at radius 3 is 2.93 bits per heavy atom. The fraction of sp³-hybridized carbons (Fsp3) is 0.412. The van der Waals surface area contributed by atoms with Gasteiger partial charge in [-0.05, 0) is 47.9 Å². The monoisotopic (exact) mass is 371 g/mol. The van der Waals surface area contributed by atoms with Gasteiger partial charge in [0.25, 0.3) is 0 Å². The van der Waals surface area contributed by atoms with Gasteiger partial charge in [0, 0.05) is 12.3 Å². The quantitative estimate of drug-likeness (QED) is 0.669. The molecule has 1 aliphatic rings. The minimum absolute atomic E-state index is 0.110. The normalized spacial score (nSPS) is 14.9.